The highest BCUT2D eigenvalue weighted by atomic mass is 19.4. The highest BCUT2D eigenvalue weighted by Crippen LogP contribution is 2.37. The first-order valence-electron chi connectivity index (χ1n) is 8.87. The number of halogens is 6. The lowest BCUT2D eigenvalue weighted by atomic mass is 10.1. The first kappa shape index (κ1) is 22.4. The molecule has 1 aliphatic rings. The first-order valence-corrected chi connectivity index (χ1v) is 8.87. The summed E-state index contributed by atoms with van der Waals surface area (Å²) >= 11 is 0. The Morgan fingerprint density at radius 2 is 1.81 bits per heavy atom. The third-order valence-corrected chi connectivity index (χ3v) is 4.62. The van der Waals surface area contributed by atoms with Crippen LogP contribution in [0.5, 0.6) is 0 Å². The van der Waals surface area contributed by atoms with Crippen LogP contribution in [0.15, 0.2) is 36.4 Å². The second-order valence-corrected chi connectivity index (χ2v) is 6.96. The standard InChI is InChI=1S/C19H16F6N4O2/c1-10-4-3-5-12(6-10)28(2)17(31)13-9-16(30)27-29(13)15-8-11(18(20,21)22)7-14(26-15)19(23,24)25/h3-8,13H,9H2,1-2H3,(H,27,30). The largest absolute Gasteiger partial charge is 0.433 e. The van der Waals surface area contributed by atoms with Gasteiger partial charge in [0.25, 0.3) is 5.91 Å². The number of hydrazine groups is 1. The van der Waals surface area contributed by atoms with Gasteiger partial charge in [-0.3, -0.25) is 20.0 Å². The summed E-state index contributed by atoms with van der Waals surface area (Å²) in [5.74, 6) is -2.30. The van der Waals surface area contributed by atoms with Crippen LogP contribution in [-0.4, -0.2) is 29.9 Å². The van der Waals surface area contributed by atoms with Crippen molar-refractivity contribution in [1.29, 1.82) is 0 Å². The maximum atomic E-state index is 13.2. The lowest BCUT2D eigenvalue weighted by Crippen LogP contribution is -2.48. The van der Waals surface area contributed by atoms with E-state index < -0.39 is 53.7 Å². The second-order valence-electron chi connectivity index (χ2n) is 6.96. The minimum absolute atomic E-state index is 0.128. The van der Waals surface area contributed by atoms with Gasteiger partial charge >= 0.3 is 12.4 Å². The molecule has 1 aliphatic heterocycles. The average Bonchev–Trinajstić information content (AvgIpc) is 3.07. The molecule has 6 nitrogen and oxygen atoms in total. The number of alkyl halides is 6. The smallest absolute Gasteiger partial charge is 0.314 e. The molecule has 166 valence electrons. The monoisotopic (exact) mass is 446 g/mol. The van der Waals surface area contributed by atoms with E-state index in [2.05, 4.69) is 10.4 Å². The van der Waals surface area contributed by atoms with Crippen LogP contribution in [0.3, 0.4) is 0 Å². The maximum Gasteiger partial charge on any atom is 0.433 e. The molecule has 0 aliphatic carbocycles. The zero-order valence-electron chi connectivity index (χ0n) is 16.2. The summed E-state index contributed by atoms with van der Waals surface area (Å²) in [6.07, 6.45) is -10.7. The lowest BCUT2D eigenvalue weighted by molar-refractivity contribution is -0.145. The zero-order valence-corrected chi connectivity index (χ0v) is 16.2. The predicted molar refractivity (Wildman–Crippen MR) is 97.9 cm³/mol. The van der Waals surface area contributed by atoms with Gasteiger partial charge in [-0.15, -0.1) is 0 Å². The molecular weight excluding hydrogens is 430 g/mol. The van der Waals surface area contributed by atoms with Crippen LogP contribution >= 0.6 is 0 Å². The summed E-state index contributed by atoms with van der Waals surface area (Å²) in [6.45, 7) is 1.78. The molecule has 31 heavy (non-hydrogen) atoms. The average molecular weight is 446 g/mol. The molecule has 1 N–H and O–H groups in total. The quantitative estimate of drug-likeness (QED) is 0.731. The summed E-state index contributed by atoms with van der Waals surface area (Å²) in [7, 11) is 1.39. The number of likely N-dealkylation sites (N-methyl/N-ethyl adjacent to an activating group) is 1. The van der Waals surface area contributed by atoms with Gasteiger partial charge in [-0.1, -0.05) is 12.1 Å². The third kappa shape index (κ3) is 4.72. The predicted octanol–water partition coefficient (Wildman–Crippen LogP) is 3.70. The van der Waals surface area contributed by atoms with Crippen LogP contribution in [0, 0.1) is 6.92 Å². The van der Waals surface area contributed by atoms with Crippen molar-refractivity contribution in [1.82, 2.24) is 10.4 Å². The van der Waals surface area contributed by atoms with Crippen LogP contribution in [0.4, 0.5) is 37.8 Å². The number of carbonyl (C=O) groups is 2. The molecule has 1 aromatic carbocycles. The number of amides is 2. The number of nitrogens with zero attached hydrogens (tertiary/aromatic N) is 3. The Morgan fingerprint density at radius 3 is 2.39 bits per heavy atom. The highest BCUT2D eigenvalue weighted by Gasteiger charge is 2.43. The molecule has 1 fully saturated rings. The number of hydrogen-bond acceptors (Lipinski definition) is 4. The Balaban J connectivity index is 2.02. The van der Waals surface area contributed by atoms with Gasteiger partial charge in [-0.05, 0) is 36.8 Å². The fourth-order valence-electron chi connectivity index (χ4n) is 3.08. The molecule has 3 rings (SSSR count). The molecule has 1 unspecified atom stereocenters. The molecular formula is C19H16F6N4O2. The van der Waals surface area contributed by atoms with Crippen LogP contribution < -0.4 is 15.3 Å². The normalized spacial score (nSPS) is 17.0. The Kier molecular flexibility index (Phi) is 5.59. The summed E-state index contributed by atoms with van der Waals surface area (Å²) in [4.78, 5) is 29.3. The van der Waals surface area contributed by atoms with Gasteiger partial charge in [0.1, 0.15) is 17.6 Å². The number of pyridine rings is 1. The second kappa shape index (κ2) is 7.75. The topological polar surface area (TPSA) is 65.5 Å². The molecule has 12 heteroatoms. The molecule has 0 bridgehead atoms. The molecule has 0 spiro atoms. The van der Waals surface area contributed by atoms with E-state index in [0.29, 0.717) is 16.8 Å². The van der Waals surface area contributed by atoms with Gasteiger partial charge in [0.2, 0.25) is 5.91 Å². The van der Waals surface area contributed by atoms with Crippen LogP contribution in [0.2, 0.25) is 0 Å². The molecule has 2 heterocycles. The van der Waals surface area contributed by atoms with Crippen molar-refractivity contribution in [2.45, 2.75) is 31.7 Å². The zero-order chi connectivity index (χ0) is 23.1. The van der Waals surface area contributed by atoms with Crippen molar-refractivity contribution in [2.75, 3.05) is 17.0 Å². The Morgan fingerprint density at radius 1 is 1.13 bits per heavy atom. The van der Waals surface area contributed by atoms with Crippen molar-refractivity contribution in [3.8, 4) is 0 Å². The van der Waals surface area contributed by atoms with Crippen LogP contribution in [0.25, 0.3) is 0 Å². The Hall–Kier alpha value is -3.31. The van der Waals surface area contributed by atoms with Crippen molar-refractivity contribution >= 4 is 23.3 Å². The lowest BCUT2D eigenvalue weighted by Gasteiger charge is -2.28. The molecule has 1 aromatic heterocycles. The number of benzene rings is 1. The Labute approximate surface area is 172 Å². The van der Waals surface area contributed by atoms with Crippen molar-refractivity contribution in [3.63, 3.8) is 0 Å². The summed E-state index contributed by atoms with van der Waals surface area (Å²) < 4.78 is 78.9. The molecule has 1 atom stereocenters. The van der Waals surface area contributed by atoms with Gasteiger partial charge in [0.15, 0.2) is 0 Å². The third-order valence-electron chi connectivity index (χ3n) is 4.62. The fraction of sp³-hybridized carbons (Fsp3) is 0.316. The maximum absolute atomic E-state index is 13.2. The summed E-state index contributed by atoms with van der Waals surface area (Å²) in [6, 6.07) is 5.55. The van der Waals surface area contributed by atoms with E-state index in [4.69, 9.17) is 0 Å². The number of nitrogens with one attached hydrogen (secondary N) is 1. The molecule has 0 radical (unpaired) electrons. The summed E-state index contributed by atoms with van der Waals surface area (Å²) in [5.41, 5.74) is -0.0109. The van der Waals surface area contributed by atoms with Crippen molar-refractivity contribution < 1.29 is 35.9 Å². The van der Waals surface area contributed by atoms with E-state index in [0.717, 1.165) is 5.56 Å². The van der Waals surface area contributed by atoms with E-state index in [-0.39, 0.29) is 6.07 Å². The van der Waals surface area contributed by atoms with E-state index in [1.807, 2.05) is 0 Å². The number of carbonyl (C=O) groups excluding carboxylic acids is 2. The van der Waals surface area contributed by atoms with E-state index >= 15 is 0 Å². The van der Waals surface area contributed by atoms with Crippen molar-refractivity contribution in [3.05, 3.63) is 53.2 Å². The fourth-order valence-corrected chi connectivity index (χ4v) is 3.08. The Bertz CT molecular complexity index is 989. The van der Waals surface area contributed by atoms with Crippen molar-refractivity contribution in [2.24, 2.45) is 0 Å². The van der Waals surface area contributed by atoms with Crippen LogP contribution in [0.1, 0.15) is 23.2 Å². The number of rotatable bonds is 3. The number of aromatic nitrogens is 1. The van der Waals surface area contributed by atoms with E-state index in [1.165, 1.54) is 11.9 Å². The molecule has 2 amide bonds. The van der Waals surface area contributed by atoms with E-state index in [9.17, 15) is 35.9 Å². The molecule has 1 saturated heterocycles. The molecule has 2 aromatic rings. The summed E-state index contributed by atoms with van der Waals surface area (Å²) in [5, 5.41) is 0.640. The first-order chi connectivity index (χ1) is 14.3. The minimum atomic E-state index is -5.17. The van der Waals surface area contributed by atoms with Gasteiger partial charge < -0.3 is 4.90 Å². The van der Waals surface area contributed by atoms with Crippen LogP contribution in [-0.2, 0) is 21.9 Å². The number of hydrogen-bond donors (Lipinski definition) is 1. The van der Waals surface area contributed by atoms with Gasteiger partial charge in [-0.2, -0.15) is 26.3 Å². The number of anilines is 2. The van der Waals surface area contributed by atoms with E-state index in [1.54, 1.807) is 31.2 Å². The van der Waals surface area contributed by atoms with Gasteiger partial charge in [0, 0.05) is 12.7 Å². The van der Waals surface area contributed by atoms with Gasteiger partial charge in [0.05, 0.1) is 12.0 Å². The van der Waals surface area contributed by atoms with Gasteiger partial charge in [-0.25, -0.2) is 4.98 Å². The molecule has 0 saturated carbocycles. The minimum Gasteiger partial charge on any atom is -0.314 e. The number of aryl methyl sites for hydroxylation is 1. The highest BCUT2D eigenvalue weighted by molar-refractivity contribution is 6.03. The SMILES string of the molecule is Cc1cccc(N(C)C(=O)C2CC(=O)NN2c2cc(C(F)(F)F)cc(C(F)(F)F)n2)c1.